The molecule has 1 aliphatic heterocycles. The Morgan fingerprint density at radius 2 is 2.22 bits per heavy atom. The molecule has 2 N–H and O–H groups in total. The van der Waals surface area contributed by atoms with Crippen LogP contribution >= 0.6 is 11.3 Å². The largest absolute Gasteiger partial charge is 0.338 e. The topological polar surface area (TPSA) is 74.3 Å². The molecule has 2 heterocycles. The molecular weight excluding hydrogens is 312 g/mol. The van der Waals surface area contributed by atoms with E-state index in [9.17, 15) is 9.59 Å². The summed E-state index contributed by atoms with van der Waals surface area (Å²) in [4.78, 5) is 30.4. The number of urea groups is 1. The first-order valence-corrected chi connectivity index (χ1v) is 8.55. The molecule has 1 atom stereocenters. The van der Waals surface area contributed by atoms with E-state index < -0.39 is 6.04 Å². The molecule has 1 saturated heterocycles. The molecule has 1 aromatic carbocycles. The van der Waals surface area contributed by atoms with E-state index in [1.165, 1.54) is 0 Å². The molecule has 3 rings (SSSR count). The van der Waals surface area contributed by atoms with E-state index in [1.54, 1.807) is 16.2 Å². The number of hydrogen-bond donors (Lipinski definition) is 2. The van der Waals surface area contributed by atoms with Crippen LogP contribution in [0.5, 0.6) is 0 Å². The van der Waals surface area contributed by atoms with Gasteiger partial charge in [-0.05, 0) is 32.4 Å². The van der Waals surface area contributed by atoms with Gasteiger partial charge in [0.1, 0.15) is 11.0 Å². The summed E-state index contributed by atoms with van der Waals surface area (Å²) < 4.78 is 1.10. The lowest BCUT2D eigenvalue weighted by atomic mass is 10.2. The molecule has 6 nitrogen and oxygen atoms in total. The number of benzene rings is 1. The number of para-hydroxylation sites is 1. The van der Waals surface area contributed by atoms with Gasteiger partial charge in [0.2, 0.25) is 5.91 Å². The van der Waals surface area contributed by atoms with Gasteiger partial charge in [0.15, 0.2) is 0 Å². The molecule has 0 aliphatic carbocycles. The SMILES string of the molecule is CC(C)N1CCC(NC(=O)NCc2nc3ccccc3s2)C1=O. The highest BCUT2D eigenvalue weighted by Crippen LogP contribution is 2.21. The van der Waals surface area contributed by atoms with Gasteiger partial charge in [-0.2, -0.15) is 0 Å². The fourth-order valence-electron chi connectivity index (χ4n) is 2.71. The normalized spacial score (nSPS) is 18.0. The number of thiazole rings is 1. The van der Waals surface area contributed by atoms with Gasteiger partial charge in [-0.3, -0.25) is 4.79 Å². The van der Waals surface area contributed by atoms with Gasteiger partial charge in [-0.25, -0.2) is 9.78 Å². The summed E-state index contributed by atoms with van der Waals surface area (Å²) in [7, 11) is 0. The van der Waals surface area contributed by atoms with E-state index in [-0.39, 0.29) is 18.0 Å². The van der Waals surface area contributed by atoms with Crippen LogP contribution in [-0.2, 0) is 11.3 Å². The van der Waals surface area contributed by atoms with Crippen LogP contribution in [0.15, 0.2) is 24.3 Å². The minimum Gasteiger partial charge on any atom is -0.338 e. The lowest BCUT2D eigenvalue weighted by molar-refractivity contribution is -0.130. The molecule has 0 radical (unpaired) electrons. The number of likely N-dealkylation sites (tertiary alicyclic amines) is 1. The fourth-order valence-corrected chi connectivity index (χ4v) is 3.62. The van der Waals surface area contributed by atoms with Gasteiger partial charge in [-0.1, -0.05) is 12.1 Å². The van der Waals surface area contributed by atoms with Crippen molar-refractivity contribution in [3.63, 3.8) is 0 Å². The third-order valence-corrected chi connectivity index (χ3v) is 4.94. The average Bonchev–Trinajstić information content (AvgIpc) is 3.09. The highest BCUT2D eigenvalue weighted by Gasteiger charge is 2.33. The number of amides is 3. The summed E-state index contributed by atoms with van der Waals surface area (Å²) in [6, 6.07) is 7.29. The summed E-state index contributed by atoms with van der Waals surface area (Å²) >= 11 is 1.56. The molecule has 1 fully saturated rings. The smallest absolute Gasteiger partial charge is 0.315 e. The number of carbonyl (C=O) groups excluding carboxylic acids is 2. The van der Waals surface area contributed by atoms with Crippen molar-refractivity contribution >= 4 is 33.5 Å². The maximum Gasteiger partial charge on any atom is 0.315 e. The molecule has 23 heavy (non-hydrogen) atoms. The number of nitrogens with one attached hydrogen (secondary N) is 2. The zero-order valence-electron chi connectivity index (χ0n) is 13.2. The standard InChI is InChI=1S/C16H20N4O2S/c1-10(2)20-8-7-12(15(20)21)19-16(22)17-9-14-18-11-5-3-4-6-13(11)23-14/h3-6,10,12H,7-9H2,1-2H3,(H2,17,19,22). The highest BCUT2D eigenvalue weighted by atomic mass is 32.1. The van der Waals surface area contributed by atoms with Crippen molar-refractivity contribution in [3.8, 4) is 0 Å². The average molecular weight is 332 g/mol. The van der Waals surface area contributed by atoms with Crippen LogP contribution in [0.3, 0.4) is 0 Å². The molecule has 0 saturated carbocycles. The van der Waals surface area contributed by atoms with Crippen LogP contribution in [0.2, 0.25) is 0 Å². The Bertz CT molecular complexity index is 695. The second-order valence-electron chi connectivity index (χ2n) is 5.87. The van der Waals surface area contributed by atoms with Crippen LogP contribution in [0.25, 0.3) is 10.2 Å². The van der Waals surface area contributed by atoms with Gasteiger partial charge in [-0.15, -0.1) is 11.3 Å². The van der Waals surface area contributed by atoms with Gasteiger partial charge < -0.3 is 15.5 Å². The van der Waals surface area contributed by atoms with Crippen molar-refractivity contribution in [2.75, 3.05) is 6.54 Å². The zero-order valence-corrected chi connectivity index (χ0v) is 14.0. The number of hydrogen-bond acceptors (Lipinski definition) is 4. The number of nitrogens with zero attached hydrogens (tertiary/aromatic N) is 2. The first kappa shape index (κ1) is 15.7. The molecule has 122 valence electrons. The maximum atomic E-state index is 12.1. The van der Waals surface area contributed by atoms with Crippen molar-refractivity contribution in [1.82, 2.24) is 20.5 Å². The van der Waals surface area contributed by atoms with Gasteiger partial charge >= 0.3 is 6.03 Å². The van der Waals surface area contributed by atoms with Crippen LogP contribution < -0.4 is 10.6 Å². The Morgan fingerprint density at radius 1 is 1.43 bits per heavy atom. The zero-order chi connectivity index (χ0) is 16.4. The van der Waals surface area contributed by atoms with E-state index in [4.69, 9.17) is 0 Å². The van der Waals surface area contributed by atoms with E-state index in [0.29, 0.717) is 19.5 Å². The van der Waals surface area contributed by atoms with E-state index in [1.807, 2.05) is 38.1 Å². The van der Waals surface area contributed by atoms with Crippen molar-refractivity contribution < 1.29 is 9.59 Å². The maximum absolute atomic E-state index is 12.1. The summed E-state index contributed by atoms with van der Waals surface area (Å²) in [5.41, 5.74) is 0.938. The summed E-state index contributed by atoms with van der Waals surface area (Å²) in [5, 5.41) is 6.38. The molecule has 3 amide bonds. The lowest BCUT2D eigenvalue weighted by Crippen LogP contribution is -2.46. The molecule has 2 aromatic rings. The van der Waals surface area contributed by atoms with E-state index >= 15 is 0 Å². The Labute approximate surface area is 138 Å². The van der Waals surface area contributed by atoms with E-state index in [0.717, 1.165) is 15.2 Å². The minimum atomic E-state index is -0.423. The summed E-state index contributed by atoms with van der Waals surface area (Å²) in [5.74, 6) is -0.00450. The Kier molecular flexibility index (Phi) is 4.47. The minimum absolute atomic E-state index is 0.00450. The first-order valence-electron chi connectivity index (χ1n) is 7.74. The summed E-state index contributed by atoms with van der Waals surface area (Å²) in [6.45, 7) is 5.01. The Hall–Kier alpha value is -2.15. The second kappa shape index (κ2) is 6.54. The van der Waals surface area contributed by atoms with Crippen LogP contribution in [0.1, 0.15) is 25.3 Å². The van der Waals surface area contributed by atoms with E-state index in [2.05, 4.69) is 15.6 Å². The number of aromatic nitrogens is 1. The van der Waals surface area contributed by atoms with Crippen LogP contribution in [0, 0.1) is 0 Å². The van der Waals surface area contributed by atoms with Crippen molar-refractivity contribution in [1.29, 1.82) is 0 Å². The molecule has 0 bridgehead atoms. The Balaban J connectivity index is 1.53. The van der Waals surface area contributed by atoms with Crippen molar-refractivity contribution in [2.45, 2.75) is 38.9 Å². The molecule has 1 aliphatic rings. The first-order chi connectivity index (χ1) is 11.0. The predicted molar refractivity (Wildman–Crippen MR) is 90.2 cm³/mol. The number of carbonyl (C=O) groups is 2. The van der Waals surface area contributed by atoms with Crippen LogP contribution in [-0.4, -0.2) is 40.5 Å². The second-order valence-corrected chi connectivity index (χ2v) is 6.98. The lowest BCUT2D eigenvalue weighted by Gasteiger charge is -2.21. The number of rotatable bonds is 4. The molecule has 7 heteroatoms. The van der Waals surface area contributed by atoms with Crippen LogP contribution in [0.4, 0.5) is 4.79 Å². The molecule has 1 aromatic heterocycles. The third kappa shape index (κ3) is 3.44. The summed E-state index contributed by atoms with van der Waals surface area (Å²) in [6.07, 6.45) is 0.658. The quantitative estimate of drug-likeness (QED) is 0.900. The molecule has 1 unspecified atom stereocenters. The van der Waals surface area contributed by atoms with Gasteiger partial charge in [0.05, 0.1) is 16.8 Å². The third-order valence-electron chi connectivity index (χ3n) is 3.91. The monoisotopic (exact) mass is 332 g/mol. The Morgan fingerprint density at radius 3 is 2.91 bits per heavy atom. The van der Waals surface area contributed by atoms with Gasteiger partial charge in [0.25, 0.3) is 0 Å². The van der Waals surface area contributed by atoms with Crippen molar-refractivity contribution in [3.05, 3.63) is 29.3 Å². The molecule has 0 spiro atoms. The molecular formula is C16H20N4O2S. The number of fused-ring (bicyclic) bond motifs is 1. The predicted octanol–water partition coefficient (Wildman–Crippen LogP) is 2.10. The fraction of sp³-hybridized carbons (Fsp3) is 0.438. The highest BCUT2D eigenvalue weighted by molar-refractivity contribution is 7.18. The van der Waals surface area contributed by atoms with Crippen molar-refractivity contribution in [2.24, 2.45) is 0 Å². The van der Waals surface area contributed by atoms with Gasteiger partial charge in [0, 0.05) is 12.6 Å².